The van der Waals surface area contributed by atoms with Gasteiger partial charge in [0.05, 0.1) is 7.11 Å². The summed E-state index contributed by atoms with van der Waals surface area (Å²) in [5.41, 5.74) is 0. The van der Waals surface area contributed by atoms with Crippen LogP contribution in [0.1, 0.15) is 26.2 Å². The zero-order valence-electron chi connectivity index (χ0n) is 6.05. The number of rotatable bonds is 5. The van der Waals surface area contributed by atoms with Gasteiger partial charge in [-0.3, -0.25) is 4.18 Å². The predicted octanol–water partition coefficient (Wildman–Crippen LogP) is 1.49. The highest BCUT2D eigenvalue weighted by Crippen LogP contribution is 1.95. The summed E-state index contributed by atoms with van der Waals surface area (Å²) in [5.74, 6) is 0.685. The normalized spacial score (nSPS) is 13.6. The minimum absolute atomic E-state index is 0.685. The van der Waals surface area contributed by atoms with Crippen molar-refractivity contribution < 1.29 is 8.39 Å². The molecular formula is C6H14O2S. The van der Waals surface area contributed by atoms with E-state index in [1.54, 1.807) is 0 Å². The van der Waals surface area contributed by atoms with Gasteiger partial charge in [-0.2, -0.15) is 0 Å². The Morgan fingerprint density at radius 2 is 2.11 bits per heavy atom. The van der Waals surface area contributed by atoms with E-state index in [0.29, 0.717) is 5.75 Å². The Hall–Kier alpha value is 0.110. The first-order valence-electron chi connectivity index (χ1n) is 3.24. The fraction of sp³-hybridized carbons (Fsp3) is 1.00. The van der Waals surface area contributed by atoms with Crippen molar-refractivity contribution in [3.63, 3.8) is 0 Å². The van der Waals surface area contributed by atoms with Crippen molar-refractivity contribution in [2.75, 3.05) is 12.9 Å². The standard InChI is InChI=1S/C6H14O2S/c1-3-4-5-6-9(7)8-2/h3-6H2,1-2H3. The van der Waals surface area contributed by atoms with Crippen LogP contribution in [0.3, 0.4) is 0 Å². The topological polar surface area (TPSA) is 26.3 Å². The van der Waals surface area contributed by atoms with Gasteiger partial charge in [0.25, 0.3) is 0 Å². The summed E-state index contributed by atoms with van der Waals surface area (Å²) in [6.45, 7) is 2.12. The van der Waals surface area contributed by atoms with E-state index in [1.807, 2.05) is 0 Å². The van der Waals surface area contributed by atoms with Gasteiger partial charge in [-0.05, 0) is 6.42 Å². The summed E-state index contributed by atoms with van der Waals surface area (Å²) in [6.07, 6.45) is 3.33. The highest BCUT2D eigenvalue weighted by Gasteiger charge is 1.93. The number of unbranched alkanes of at least 4 members (excludes halogenated alkanes) is 2. The van der Waals surface area contributed by atoms with Gasteiger partial charge in [0.2, 0.25) is 0 Å². The third kappa shape index (κ3) is 5.99. The number of hydrogen-bond acceptors (Lipinski definition) is 2. The molecule has 0 fully saturated rings. The molecule has 0 amide bonds. The fourth-order valence-electron chi connectivity index (χ4n) is 0.553. The van der Waals surface area contributed by atoms with Crippen LogP contribution in [0.15, 0.2) is 0 Å². The number of hydrogen-bond donors (Lipinski definition) is 0. The lowest BCUT2D eigenvalue weighted by atomic mass is 10.3. The van der Waals surface area contributed by atoms with Crippen molar-refractivity contribution in [2.24, 2.45) is 0 Å². The zero-order chi connectivity index (χ0) is 7.11. The van der Waals surface area contributed by atoms with E-state index < -0.39 is 11.1 Å². The van der Waals surface area contributed by atoms with E-state index in [2.05, 4.69) is 11.1 Å². The van der Waals surface area contributed by atoms with Crippen LogP contribution < -0.4 is 0 Å². The quantitative estimate of drug-likeness (QED) is 0.555. The molecule has 0 aromatic rings. The first-order valence-corrected chi connectivity index (χ1v) is 4.48. The van der Waals surface area contributed by atoms with Gasteiger partial charge in [0.15, 0.2) is 11.1 Å². The van der Waals surface area contributed by atoms with Crippen LogP contribution in [0.5, 0.6) is 0 Å². The Bertz CT molecular complexity index is 83.1. The third-order valence-electron chi connectivity index (χ3n) is 1.10. The van der Waals surface area contributed by atoms with E-state index in [0.717, 1.165) is 12.8 Å². The van der Waals surface area contributed by atoms with Crippen molar-refractivity contribution in [2.45, 2.75) is 26.2 Å². The van der Waals surface area contributed by atoms with Crippen molar-refractivity contribution in [3.05, 3.63) is 0 Å². The monoisotopic (exact) mass is 150 g/mol. The van der Waals surface area contributed by atoms with Crippen LogP contribution in [-0.2, 0) is 15.3 Å². The van der Waals surface area contributed by atoms with Crippen LogP contribution in [0.2, 0.25) is 0 Å². The molecule has 0 bridgehead atoms. The van der Waals surface area contributed by atoms with Crippen molar-refractivity contribution in [1.82, 2.24) is 0 Å². The van der Waals surface area contributed by atoms with Gasteiger partial charge in [-0.25, -0.2) is 4.21 Å². The Kier molecular flexibility index (Phi) is 6.31. The van der Waals surface area contributed by atoms with Gasteiger partial charge in [-0.1, -0.05) is 19.8 Å². The molecule has 0 radical (unpaired) electrons. The summed E-state index contributed by atoms with van der Waals surface area (Å²) in [7, 11) is 1.47. The van der Waals surface area contributed by atoms with Crippen molar-refractivity contribution in [3.8, 4) is 0 Å². The molecule has 0 aromatic carbocycles. The van der Waals surface area contributed by atoms with E-state index in [-0.39, 0.29) is 0 Å². The van der Waals surface area contributed by atoms with Crippen LogP contribution in [-0.4, -0.2) is 17.1 Å². The maximum Gasteiger partial charge on any atom is 0.155 e. The molecule has 9 heavy (non-hydrogen) atoms. The minimum atomic E-state index is -1.03. The second-order valence-electron chi connectivity index (χ2n) is 1.88. The molecule has 0 aromatic heterocycles. The summed E-state index contributed by atoms with van der Waals surface area (Å²) in [4.78, 5) is 0. The molecule has 1 unspecified atom stereocenters. The van der Waals surface area contributed by atoms with Crippen LogP contribution in [0.25, 0.3) is 0 Å². The molecule has 1 atom stereocenters. The van der Waals surface area contributed by atoms with Gasteiger partial charge < -0.3 is 0 Å². The van der Waals surface area contributed by atoms with Crippen molar-refractivity contribution >= 4 is 11.1 Å². The van der Waals surface area contributed by atoms with E-state index in [9.17, 15) is 4.21 Å². The summed E-state index contributed by atoms with van der Waals surface area (Å²) in [6, 6.07) is 0. The molecule has 2 nitrogen and oxygen atoms in total. The smallest absolute Gasteiger partial charge is 0.155 e. The maximum absolute atomic E-state index is 10.6. The second-order valence-corrected chi connectivity index (χ2v) is 3.23. The highest BCUT2D eigenvalue weighted by atomic mass is 32.2. The molecular weight excluding hydrogens is 136 g/mol. The molecule has 0 N–H and O–H groups in total. The molecule has 0 saturated carbocycles. The van der Waals surface area contributed by atoms with Crippen molar-refractivity contribution in [1.29, 1.82) is 0 Å². The molecule has 0 rings (SSSR count). The minimum Gasteiger partial charge on any atom is -0.294 e. The average molecular weight is 150 g/mol. The molecule has 0 spiro atoms. The van der Waals surface area contributed by atoms with Gasteiger partial charge in [0.1, 0.15) is 0 Å². The van der Waals surface area contributed by atoms with E-state index in [1.165, 1.54) is 13.5 Å². The second kappa shape index (κ2) is 6.23. The largest absolute Gasteiger partial charge is 0.294 e. The molecule has 3 heteroatoms. The molecule has 56 valence electrons. The first-order chi connectivity index (χ1) is 4.31. The summed E-state index contributed by atoms with van der Waals surface area (Å²) >= 11 is -1.03. The van der Waals surface area contributed by atoms with E-state index >= 15 is 0 Å². The van der Waals surface area contributed by atoms with Gasteiger partial charge in [-0.15, -0.1) is 0 Å². The third-order valence-corrected chi connectivity index (χ3v) is 2.09. The Labute approximate surface area is 59.3 Å². The fourth-order valence-corrected chi connectivity index (χ4v) is 1.16. The van der Waals surface area contributed by atoms with E-state index in [4.69, 9.17) is 0 Å². The van der Waals surface area contributed by atoms with Gasteiger partial charge in [0, 0.05) is 5.75 Å². The average Bonchev–Trinajstić information content (AvgIpc) is 1.89. The SMILES string of the molecule is CCCCCS(=O)OC. The molecule has 0 aliphatic rings. The lowest BCUT2D eigenvalue weighted by molar-refractivity contribution is 0.444. The molecule has 0 saturated heterocycles. The van der Waals surface area contributed by atoms with Gasteiger partial charge >= 0.3 is 0 Å². The van der Waals surface area contributed by atoms with Crippen LogP contribution >= 0.6 is 0 Å². The Morgan fingerprint density at radius 3 is 2.56 bits per heavy atom. The predicted molar refractivity (Wildman–Crippen MR) is 39.5 cm³/mol. The molecule has 0 aliphatic carbocycles. The lowest BCUT2D eigenvalue weighted by Crippen LogP contribution is -1.97. The first kappa shape index (κ1) is 9.11. The van der Waals surface area contributed by atoms with Crippen LogP contribution in [0.4, 0.5) is 0 Å². The Morgan fingerprint density at radius 1 is 1.44 bits per heavy atom. The molecule has 0 aliphatic heterocycles. The van der Waals surface area contributed by atoms with Crippen LogP contribution in [0, 0.1) is 0 Å². The maximum atomic E-state index is 10.6. The Balaban J connectivity index is 2.97. The zero-order valence-corrected chi connectivity index (χ0v) is 6.87. The highest BCUT2D eigenvalue weighted by molar-refractivity contribution is 7.80. The summed E-state index contributed by atoms with van der Waals surface area (Å²) in [5, 5.41) is 0. The summed E-state index contributed by atoms with van der Waals surface area (Å²) < 4.78 is 15.1. The molecule has 0 heterocycles. The lowest BCUT2D eigenvalue weighted by Gasteiger charge is -1.95.